The van der Waals surface area contributed by atoms with E-state index in [1.165, 1.54) is 12.1 Å². The van der Waals surface area contributed by atoms with Crippen molar-refractivity contribution in [3.63, 3.8) is 0 Å². The summed E-state index contributed by atoms with van der Waals surface area (Å²) in [4.78, 5) is 4.09. The Hall–Kier alpha value is -1.95. The number of nitrogens with one attached hydrogen (secondary N) is 1. The third-order valence-corrected chi connectivity index (χ3v) is 4.50. The Morgan fingerprint density at radius 3 is 2.20 bits per heavy atom. The lowest BCUT2D eigenvalue weighted by atomic mass is 10.1. The molecule has 0 fully saturated rings. The molecule has 0 aliphatic rings. The van der Waals surface area contributed by atoms with Gasteiger partial charge in [-0.25, -0.2) is 17.8 Å². The van der Waals surface area contributed by atoms with E-state index in [0.717, 1.165) is 5.56 Å². The third-order valence-electron chi connectivity index (χ3n) is 2.84. The minimum atomic E-state index is -3.78. The van der Waals surface area contributed by atoms with Gasteiger partial charge in [-0.3, -0.25) is 4.72 Å². The zero-order chi connectivity index (χ0) is 14.9. The lowest BCUT2D eigenvalue weighted by molar-refractivity contribution is 0.597. The van der Waals surface area contributed by atoms with Crippen molar-refractivity contribution in [3.8, 4) is 0 Å². The number of nitrogens with zero attached hydrogens (tertiary/aromatic N) is 1. The Kier molecular flexibility index (Phi) is 3.76. The van der Waals surface area contributed by atoms with Crippen LogP contribution >= 0.6 is 0 Å². The van der Waals surface area contributed by atoms with Gasteiger partial charge in [-0.05, 0) is 55.7 Å². The first-order chi connectivity index (χ1) is 9.29. The van der Waals surface area contributed by atoms with E-state index in [9.17, 15) is 12.8 Å². The maximum Gasteiger partial charge on any atom is 0.263 e. The molecule has 0 bridgehead atoms. The van der Waals surface area contributed by atoms with Gasteiger partial charge in [0.1, 0.15) is 11.6 Å². The van der Waals surface area contributed by atoms with Crippen molar-refractivity contribution in [1.29, 1.82) is 0 Å². The number of aryl methyl sites for hydroxylation is 3. The zero-order valence-corrected chi connectivity index (χ0v) is 12.3. The molecule has 2 rings (SSSR count). The van der Waals surface area contributed by atoms with Crippen molar-refractivity contribution in [1.82, 2.24) is 4.98 Å². The number of hydrogen-bond donors (Lipinski definition) is 1. The van der Waals surface area contributed by atoms with E-state index in [1.54, 1.807) is 32.2 Å². The molecule has 1 N–H and O–H groups in total. The van der Waals surface area contributed by atoms with E-state index in [-0.39, 0.29) is 10.7 Å². The average Bonchev–Trinajstić information content (AvgIpc) is 2.30. The quantitative estimate of drug-likeness (QED) is 0.946. The molecule has 0 aliphatic heterocycles. The Bertz CT molecular complexity index is 717. The molecule has 0 aliphatic carbocycles. The molecule has 0 atom stereocenters. The number of hydrogen-bond acceptors (Lipinski definition) is 3. The van der Waals surface area contributed by atoms with Gasteiger partial charge in [0, 0.05) is 6.20 Å². The molecule has 0 saturated carbocycles. The van der Waals surface area contributed by atoms with E-state index in [2.05, 4.69) is 9.71 Å². The van der Waals surface area contributed by atoms with Crippen LogP contribution in [0.25, 0.3) is 0 Å². The van der Waals surface area contributed by atoms with E-state index in [0.29, 0.717) is 11.1 Å². The maximum atomic E-state index is 13.2. The summed E-state index contributed by atoms with van der Waals surface area (Å²) in [6, 6.07) is 5.74. The van der Waals surface area contributed by atoms with Crippen LogP contribution in [0.1, 0.15) is 16.7 Å². The maximum absolute atomic E-state index is 13.2. The van der Waals surface area contributed by atoms with Gasteiger partial charge >= 0.3 is 0 Å². The van der Waals surface area contributed by atoms with Gasteiger partial charge < -0.3 is 0 Å². The molecular formula is C14H15FN2O2S. The molecule has 20 heavy (non-hydrogen) atoms. The van der Waals surface area contributed by atoms with Crippen LogP contribution in [-0.2, 0) is 10.0 Å². The minimum Gasteiger partial charge on any atom is -0.263 e. The van der Waals surface area contributed by atoms with Crippen molar-refractivity contribution in [2.24, 2.45) is 0 Å². The van der Waals surface area contributed by atoms with E-state index in [1.807, 2.05) is 6.92 Å². The van der Waals surface area contributed by atoms with Crippen molar-refractivity contribution in [2.75, 3.05) is 4.72 Å². The first-order valence-corrected chi connectivity index (χ1v) is 7.50. The van der Waals surface area contributed by atoms with Gasteiger partial charge in [-0.1, -0.05) is 6.07 Å². The van der Waals surface area contributed by atoms with Gasteiger partial charge in [0.25, 0.3) is 10.0 Å². The number of pyridine rings is 1. The summed E-state index contributed by atoms with van der Waals surface area (Å²) in [5.74, 6) is -0.217. The highest BCUT2D eigenvalue weighted by Crippen LogP contribution is 2.23. The number of rotatable bonds is 3. The fraction of sp³-hybridized carbons (Fsp3) is 0.214. The Balaban J connectivity index is 2.43. The van der Waals surface area contributed by atoms with Gasteiger partial charge in [0.2, 0.25) is 0 Å². The minimum absolute atomic E-state index is 0.0845. The Labute approximate surface area is 117 Å². The van der Waals surface area contributed by atoms with Crippen LogP contribution in [0, 0.1) is 26.6 Å². The predicted octanol–water partition coefficient (Wildman–Crippen LogP) is 2.95. The van der Waals surface area contributed by atoms with Crippen molar-refractivity contribution >= 4 is 15.8 Å². The summed E-state index contributed by atoms with van der Waals surface area (Å²) in [5.41, 5.74) is 1.66. The van der Waals surface area contributed by atoms with Gasteiger partial charge in [0.15, 0.2) is 0 Å². The van der Waals surface area contributed by atoms with E-state index >= 15 is 0 Å². The fourth-order valence-corrected chi connectivity index (χ4v) is 3.50. The molecule has 0 radical (unpaired) electrons. The fourth-order valence-electron chi connectivity index (χ4n) is 2.04. The SMILES string of the molecule is Cc1ccc(NS(=O)(=O)c2c(C)cc(F)cc2C)nc1. The zero-order valence-electron chi connectivity index (χ0n) is 11.4. The standard InChI is InChI=1S/C14H15FN2O2S/c1-9-4-5-13(16-8-9)17-20(18,19)14-10(2)6-12(15)7-11(14)3/h4-8H,1-3H3,(H,16,17). The molecular weight excluding hydrogens is 279 g/mol. The molecule has 1 aromatic carbocycles. The lowest BCUT2D eigenvalue weighted by Crippen LogP contribution is -2.16. The normalized spacial score (nSPS) is 11.4. The second-order valence-corrected chi connectivity index (χ2v) is 6.31. The molecule has 1 aromatic heterocycles. The topological polar surface area (TPSA) is 59.1 Å². The number of benzene rings is 1. The first-order valence-electron chi connectivity index (χ1n) is 6.02. The molecule has 4 nitrogen and oxygen atoms in total. The molecule has 6 heteroatoms. The van der Waals surface area contributed by atoms with Crippen molar-refractivity contribution in [2.45, 2.75) is 25.7 Å². The first kappa shape index (κ1) is 14.5. The second-order valence-electron chi connectivity index (χ2n) is 4.69. The summed E-state index contributed by atoms with van der Waals surface area (Å²) in [6.07, 6.45) is 1.57. The highest BCUT2D eigenvalue weighted by atomic mass is 32.2. The smallest absolute Gasteiger partial charge is 0.263 e. The van der Waals surface area contributed by atoms with E-state index in [4.69, 9.17) is 0 Å². The summed E-state index contributed by atoms with van der Waals surface area (Å²) in [5, 5.41) is 0. The molecule has 0 spiro atoms. The third kappa shape index (κ3) is 2.96. The molecule has 106 valence electrons. The van der Waals surface area contributed by atoms with E-state index < -0.39 is 15.8 Å². The average molecular weight is 294 g/mol. The molecule has 2 aromatic rings. The summed E-state index contributed by atoms with van der Waals surface area (Å²) in [6.45, 7) is 4.99. The van der Waals surface area contributed by atoms with Crippen LogP contribution in [0.2, 0.25) is 0 Å². The Morgan fingerprint density at radius 1 is 1.10 bits per heavy atom. The monoisotopic (exact) mass is 294 g/mol. The van der Waals surface area contributed by atoms with Gasteiger partial charge in [-0.15, -0.1) is 0 Å². The predicted molar refractivity (Wildman–Crippen MR) is 75.7 cm³/mol. The van der Waals surface area contributed by atoms with Crippen LogP contribution in [0.3, 0.4) is 0 Å². The number of anilines is 1. The van der Waals surface area contributed by atoms with Crippen LogP contribution in [-0.4, -0.2) is 13.4 Å². The van der Waals surface area contributed by atoms with Crippen LogP contribution in [0.4, 0.5) is 10.2 Å². The van der Waals surface area contributed by atoms with Crippen LogP contribution < -0.4 is 4.72 Å². The lowest BCUT2D eigenvalue weighted by Gasteiger charge is -2.12. The van der Waals surface area contributed by atoms with Gasteiger partial charge in [-0.2, -0.15) is 0 Å². The van der Waals surface area contributed by atoms with Crippen molar-refractivity contribution < 1.29 is 12.8 Å². The number of aromatic nitrogens is 1. The number of halogens is 1. The molecule has 0 amide bonds. The highest BCUT2D eigenvalue weighted by Gasteiger charge is 2.20. The summed E-state index contributed by atoms with van der Waals surface area (Å²) >= 11 is 0. The Morgan fingerprint density at radius 2 is 1.70 bits per heavy atom. The molecule has 1 heterocycles. The van der Waals surface area contributed by atoms with Crippen LogP contribution in [0.15, 0.2) is 35.4 Å². The number of sulfonamides is 1. The highest BCUT2D eigenvalue weighted by molar-refractivity contribution is 7.92. The van der Waals surface area contributed by atoms with Crippen molar-refractivity contribution in [3.05, 3.63) is 53.0 Å². The molecule has 0 saturated heterocycles. The summed E-state index contributed by atoms with van der Waals surface area (Å²) < 4.78 is 40.4. The molecule has 0 unspecified atom stereocenters. The van der Waals surface area contributed by atoms with Crippen LogP contribution in [0.5, 0.6) is 0 Å². The summed E-state index contributed by atoms with van der Waals surface area (Å²) in [7, 11) is -3.78. The largest absolute Gasteiger partial charge is 0.263 e. The van der Waals surface area contributed by atoms with Gasteiger partial charge in [0.05, 0.1) is 4.90 Å². The second kappa shape index (κ2) is 5.20.